The summed E-state index contributed by atoms with van der Waals surface area (Å²) >= 11 is 0. The fourth-order valence-electron chi connectivity index (χ4n) is 3.91. The third-order valence-corrected chi connectivity index (χ3v) is 5.67. The Morgan fingerprint density at radius 2 is 1.81 bits per heavy atom. The second-order valence-corrected chi connectivity index (χ2v) is 8.30. The maximum atomic E-state index is 13.2. The van der Waals surface area contributed by atoms with Crippen LogP contribution >= 0.6 is 0 Å². The molecule has 0 aliphatic heterocycles. The second-order valence-electron chi connectivity index (χ2n) is 8.30. The van der Waals surface area contributed by atoms with Gasteiger partial charge in [0.1, 0.15) is 5.82 Å². The van der Waals surface area contributed by atoms with Crippen LogP contribution in [0.2, 0.25) is 0 Å². The van der Waals surface area contributed by atoms with E-state index in [1.165, 1.54) is 12.3 Å². The number of aryl methyl sites for hydroxylation is 1. The molecule has 0 aromatic carbocycles. The van der Waals surface area contributed by atoms with E-state index in [9.17, 15) is 35.9 Å². The molecule has 1 fully saturated rings. The number of amides is 2. The van der Waals surface area contributed by atoms with Crippen molar-refractivity contribution in [2.24, 2.45) is 0 Å². The molecule has 1 saturated carbocycles. The first kappa shape index (κ1) is 27.2. The Morgan fingerprint density at radius 3 is 2.39 bits per heavy atom. The molecule has 0 radical (unpaired) electrons. The summed E-state index contributed by atoms with van der Waals surface area (Å²) < 4.78 is 82.0. The average molecular weight is 519 g/mol. The molecule has 2 atom stereocenters. The number of nitrogen functional groups attached to an aromatic ring is 1. The van der Waals surface area contributed by atoms with Gasteiger partial charge in [-0.3, -0.25) is 19.3 Å². The van der Waals surface area contributed by atoms with Gasteiger partial charge in [-0.2, -0.15) is 13.2 Å². The molecule has 2 heterocycles. The summed E-state index contributed by atoms with van der Waals surface area (Å²) in [5.41, 5.74) is 5.18. The van der Waals surface area contributed by atoms with Crippen LogP contribution in [0.1, 0.15) is 42.5 Å². The van der Waals surface area contributed by atoms with Gasteiger partial charge in [0, 0.05) is 6.20 Å². The lowest BCUT2D eigenvalue weighted by molar-refractivity contribution is -0.350. The molecule has 0 bridgehead atoms. The number of carbonyl (C=O) groups is 2. The van der Waals surface area contributed by atoms with E-state index in [-0.39, 0.29) is 30.0 Å². The summed E-state index contributed by atoms with van der Waals surface area (Å²) in [4.78, 5) is 34.3. The quantitative estimate of drug-likeness (QED) is 0.453. The van der Waals surface area contributed by atoms with Crippen LogP contribution < -0.4 is 11.1 Å². The molecule has 2 aromatic rings. The minimum atomic E-state index is -4.99. The molecule has 36 heavy (non-hydrogen) atoms. The molecule has 0 spiro atoms. The van der Waals surface area contributed by atoms with Gasteiger partial charge in [0.15, 0.2) is 0 Å². The number of aromatic nitrogens is 2. The number of rotatable bonds is 5. The minimum Gasteiger partial charge on any atom is -0.383 e. The summed E-state index contributed by atoms with van der Waals surface area (Å²) in [6.45, 7) is 1.11. The summed E-state index contributed by atoms with van der Waals surface area (Å²) in [7, 11) is 0. The number of nitrogens with zero attached hydrogens (tertiary/aromatic N) is 3. The normalized spacial score (nSPS) is 18.5. The molecule has 1 aliphatic rings. The minimum absolute atomic E-state index is 0.0307. The van der Waals surface area contributed by atoms with Crippen LogP contribution in [0, 0.1) is 6.92 Å². The highest BCUT2D eigenvalue weighted by molar-refractivity contribution is 6.39. The number of hydrogen-bond acceptors (Lipinski definition) is 6. The molecule has 0 saturated heterocycles. The fourth-order valence-corrected chi connectivity index (χ4v) is 3.91. The Labute approximate surface area is 201 Å². The van der Waals surface area contributed by atoms with Crippen LogP contribution in [-0.4, -0.2) is 45.2 Å². The Kier molecular flexibility index (Phi) is 8.06. The van der Waals surface area contributed by atoms with Gasteiger partial charge in [0.2, 0.25) is 0 Å². The molecule has 3 N–H and O–H groups in total. The van der Waals surface area contributed by atoms with Crippen molar-refractivity contribution in [3.05, 3.63) is 47.4 Å². The van der Waals surface area contributed by atoms with Crippen LogP contribution in [0.25, 0.3) is 0 Å². The Bertz CT molecular complexity index is 1090. The lowest BCUT2D eigenvalue weighted by atomic mass is 9.90. The summed E-state index contributed by atoms with van der Waals surface area (Å²) in [5, 5.41) is 2.33. The number of pyridine rings is 2. The first-order valence-electron chi connectivity index (χ1n) is 10.9. The Hall–Kier alpha value is -3.42. The van der Waals surface area contributed by atoms with E-state index >= 15 is 0 Å². The van der Waals surface area contributed by atoms with Crippen LogP contribution in [0.15, 0.2) is 30.6 Å². The van der Waals surface area contributed by atoms with Gasteiger partial charge in [0.05, 0.1) is 41.8 Å². The maximum Gasteiger partial charge on any atom is 0.522 e. The number of nitrogens with two attached hydrogens (primary N) is 1. The lowest BCUT2D eigenvalue weighted by Crippen LogP contribution is -2.53. The monoisotopic (exact) mass is 519 g/mol. The van der Waals surface area contributed by atoms with Crippen molar-refractivity contribution in [1.29, 1.82) is 0 Å². The van der Waals surface area contributed by atoms with Gasteiger partial charge in [-0.05, 0) is 43.5 Å². The van der Waals surface area contributed by atoms with E-state index in [0.29, 0.717) is 24.6 Å². The molecule has 3 rings (SSSR count). The smallest absolute Gasteiger partial charge is 0.383 e. The van der Waals surface area contributed by atoms with E-state index in [0.717, 1.165) is 17.0 Å². The number of hydrogen-bond donors (Lipinski definition) is 2. The summed E-state index contributed by atoms with van der Waals surface area (Å²) in [6, 6.07) is 2.01. The lowest BCUT2D eigenvalue weighted by Gasteiger charge is -2.39. The molecule has 8 nitrogen and oxygen atoms in total. The Morgan fingerprint density at radius 1 is 1.11 bits per heavy atom. The third kappa shape index (κ3) is 7.06. The number of alkyl halides is 6. The molecular formula is C22H23F6N5O3. The first-order valence-corrected chi connectivity index (χ1v) is 10.9. The number of ether oxygens (including phenoxy) is 1. The number of anilines is 2. The van der Waals surface area contributed by atoms with Crippen molar-refractivity contribution in [3.8, 4) is 0 Å². The van der Waals surface area contributed by atoms with E-state index in [4.69, 9.17) is 5.73 Å². The van der Waals surface area contributed by atoms with Crippen molar-refractivity contribution in [2.75, 3.05) is 11.1 Å². The van der Waals surface area contributed by atoms with Gasteiger partial charge in [-0.15, -0.1) is 13.2 Å². The zero-order valence-corrected chi connectivity index (χ0v) is 19.0. The molecule has 0 unspecified atom stereocenters. The van der Waals surface area contributed by atoms with E-state index < -0.39 is 48.6 Å². The summed E-state index contributed by atoms with van der Waals surface area (Å²) in [6.07, 6.45) is -8.45. The number of halogens is 6. The molecule has 2 amide bonds. The van der Waals surface area contributed by atoms with E-state index in [1.54, 1.807) is 6.92 Å². The van der Waals surface area contributed by atoms with Crippen molar-refractivity contribution >= 4 is 23.3 Å². The van der Waals surface area contributed by atoms with Crippen molar-refractivity contribution in [3.63, 3.8) is 0 Å². The van der Waals surface area contributed by atoms with Crippen LogP contribution in [0.3, 0.4) is 0 Å². The van der Waals surface area contributed by atoms with Gasteiger partial charge in [-0.1, -0.05) is 12.8 Å². The van der Waals surface area contributed by atoms with E-state index in [2.05, 4.69) is 20.0 Å². The summed E-state index contributed by atoms with van der Waals surface area (Å²) in [5.74, 6) is -2.18. The number of carbonyl (C=O) groups excluding carboxylic acids is 2. The SMILES string of the molecule is Cc1cc(NC(=O)C(=O)N(Cc2ccc(C(F)(F)F)cn2)[C@@H]2CCCC[C@H]2OC(F)(F)F)cnc1N. The standard InChI is InChI=1S/C22H23F6N5O3/c1-12-8-15(10-31-18(12)29)32-19(34)20(35)33(11-14-7-6-13(9-30-14)21(23,24)25)16-4-2-3-5-17(16)36-22(26,27)28/h6-10,16-17H,2-5,11H2,1H3,(H2,29,31)(H,32,34)/t16-,17-/m1/s1. The molecule has 196 valence electrons. The number of nitrogens with one attached hydrogen (secondary N) is 1. The topological polar surface area (TPSA) is 110 Å². The maximum absolute atomic E-state index is 13.2. The van der Waals surface area contributed by atoms with Crippen molar-refractivity contribution < 1.29 is 40.7 Å². The zero-order chi connectivity index (χ0) is 26.7. The highest BCUT2D eigenvalue weighted by atomic mass is 19.4. The van der Waals surface area contributed by atoms with Gasteiger partial charge in [0.25, 0.3) is 0 Å². The molecule has 2 aromatic heterocycles. The Balaban J connectivity index is 1.89. The fraction of sp³-hybridized carbons (Fsp3) is 0.455. The van der Waals surface area contributed by atoms with Crippen molar-refractivity contribution in [1.82, 2.24) is 14.9 Å². The van der Waals surface area contributed by atoms with Crippen molar-refractivity contribution in [2.45, 2.75) is 63.8 Å². The third-order valence-electron chi connectivity index (χ3n) is 5.67. The van der Waals surface area contributed by atoms with E-state index in [1.807, 2.05) is 0 Å². The zero-order valence-electron chi connectivity index (χ0n) is 19.0. The molecule has 14 heteroatoms. The van der Waals surface area contributed by atoms with Gasteiger partial charge < -0.3 is 16.0 Å². The van der Waals surface area contributed by atoms with Crippen LogP contribution in [0.5, 0.6) is 0 Å². The molecular weight excluding hydrogens is 496 g/mol. The predicted octanol–water partition coefficient (Wildman–Crippen LogP) is 4.20. The average Bonchev–Trinajstić information content (AvgIpc) is 2.78. The molecule has 1 aliphatic carbocycles. The largest absolute Gasteiger partial charge is 0.522 e. The predicted molar refractivity (Wildman–Crippen MR) is 115 cm³/mol. The van der Waals surface area contributed by atoms with Gasteiger partial charge >= 0.3 is 24.4 Å². The highest BCUT2D eigenvalue weighted by Crippen LogP contribution is 2.32. The first-order chi connectivity index (χ1) is 16.7. The second kappa shape index (κ2) is 10.7. The van der Waals surface area contributed by atoms with Gasteiger partial charge in [-0.25, -0.2) is 4.98 Å². The van der Waals surface area contributed by atoms with Crippen LogP contribution in [-0.2, 0) is 27.0 Å². The highest BCUT2D eigenvalue weighted by Gasteiger charge is 2.42. The van der Waals surface area contributed by atoms with Crippen LogP contribution in [0.4, 0.5) is 37.8 Å².